The van der Waals surface area contributed by atoms with Crippen LogP contribution in [0.15, 0.2) is 33.5 Å². The molecule has 0 atom stereocenters. The van der Waals surface area contributed by atoms with E-state index in [1.54, 1.807) is 19.1 Å². The first-order valence-corrected chi connectivity index (χ1v) is 5.33. The first-order valence-electron chi connectivity index (χ1n) is 5.33. The van der Waals surface area contributed by atoms with Crippen LogP contribution in [0.5, 0.6) is 0 Å². The van der Waals surface area contributed by atoms with Crippen molar-refractivity contribution in [2.75, 3.05) is 6.61 Å². The van der Waals surface area contributed by atoms with E-state index in [0.717, 1.165) is 5.56 Å². The number of carbonyl (C=O) groups is 1. The van der Waals surface area contributed by atoms with Crippen LogP contribution in [0.4, 0.5) is 0 Å². The zero-order valence-corrected chi connectivity index (χ0v) is 9.65. The van der Waals surface area contributed by atoms with E-state index in [1.807, 2.05) is 13.0 Å². The topological polar surface area (TPSA) is 56.5 Å². The lowest BCUT2D eigenvalue weighted by molar-refractivity contribution is 0.0485. The zero-order chi connectivity index (χ0) is 12.4. The Morgan fingerprint density at radius 1 is 1.35 bits per heavy atom. The summed E-state index contributed by atoms with van der Waals surface area (Å²) in [7, 11) is 0. The lowest BCUT2D eigenvalue weighted by Gasteiger charge is -2.02. The van der Waals surface area contributed by atoms with Crippen LogP contribution in [-0.2, 0) is 4.74 Å². The quantitative estimate of drug-likeness (QED) is 0.745. The minimum Gasteiger partial charge on any atom is -0.460 e. The van der Waals surface area contributed by atoms with Gasteiger partial charge in [-0.05, 0) is 31.4 Å². The molecule has 17 heavy (non-hydrogen) atoms. The maximum atomic E-state index is 11.7. The predicted molar refractivity (Wildman–Crippen MR) is 63.2 cm³/mol. The number of carbonyl (C=O) groups excluding carboxylic acids is 1. The molecule has 1 aromatic heterocycles. The molecule has 0 fully saturated rings. The van der Waals surface area contributed by atoms with Crippen molar-refractivity contribution in [3.63, 3.8) is 0 Å². The van der Waals surface area contributed by atoms with Crippen molar-refractivity contribution < 1.29 is 13.9 Å². The average Bonchev–Trinajstić information content (AvgIpc) is 2.30. The minimum absolute atomic E-state index is 0.0618. The lowest BCUT2D eigenvalue weighted by Crippen LogP contribution is -2.10. The fraction of sp³-hybridized carbons (Fsp3) is 0.231. The first-order chi connectivity index (χ1) is 8.11. The van der Waals surface area contributed by atoms with Crippen molar-refractivity contribution >= 4 is 16.7 Å². The molecule has 2 rings (SSSR count). The van der Waals surface area contributed by atoms with Gasteiger partial charge in [-0.25, -0.2) is 9.59 Å². The van der Waals surface area contributed by atoms with Gasteiger partial charge in [-0.15, -0.1) is 0 Å². The number of fused-ring (bicyclic) bond motifs is 1. The molecule has 0 aliphatic heterocycles. The second-order valence-electron chi connectivity index (χ2n) is 3.71. The number of hydrogen-bond donors (Lipinski definition) is 0. The van der Waals surface area contributed by atoms with E-state index in [1.165, 1.54) is 6.07 Å². The molecule has 1 aromatic carbocycles. The fourth-order valence-electron chi connectivity index (χ4n) is 1.60. The maximum Gasteiger partial charge on any atom is 0.374 e. The van der Waals surface area contributed by atoms with Crippen LogP contribution in [0.25, 0.3) is 10.8 Å². The Hall–Kier alpha value is -2.10. The minimum atomic E-state index is -0.618. The normalized spacial score (nSPS) is 10.5. The molecule has 0 N–H and O–H groups in total. The molecule has 0 spiro atoms. The summed E-state index contributed by atoms with van der Waals surface area (Å²) in [5.74, 6) is -0.680. The Bertz CT molecular complexity index is 625. The number of esters is 1. The van der Waals surface area contributed by atoms with Crippen molar-refractivity contribution in [3.05, 3.63) is 46.0 Å². The van der Waals surface area contributed by atoms with Gasteiger partial charge in [0, 0.05) is 0 Å². The summed E-state index contributed by atoms with van der Waals surface area (Å²) >= 11 is 0. The SMILES string of the molecule is CCOC(=O)c1cc2ccc(C)cc2c(=O)o1. The summed E-state index contributed by atoms with van der Waals surface area (Å²) < 4.78 is 9.71. The molecule has 88 valence electrons. The van der Waals surface area contributed by atoms with Gasteiger partial charge in [0.1, 0.15) is 0 Å². The van der Waals surface area contributed by atoms with Crippen LogP contribution < -0.4 is 5.63 Å². The molecule has 4 nitrogen and oxygen atoms in total. The molecule has 0 aliphatic carbocycles. The predicted octanol–water partition coefficient (Wildman–Crippen LogP) is 2.28. The second kappa shape index (κ2) is 4.41. The Morgan fingerprint density at radius 3 is 2.82 bits per heavy atom. The largest absolute Gasteiger partial charge is 0.460 e. The van der Waals surface area contributed by atoms with E-state index in [4.69, 9.17) is 9.15 Å². The molecule has 0 radical (unpaired) electrons. The summed E-state index contributed by atoms with van der Waals surface area (Å²) in [6.07, 6.45) is 0. The van der Waals surface area contributed by atoms with Crippen molar-refractivity contribution in [2.24, 2.45) is 0 Å². The highest BCUT2D eigenvalue weighted by atomic mass is 16.5. The molecule has 0 saturated carbocycles. The third kappa shape index (κ3) is 2.20. The van der Waals surface area contributed by atoms with Crippen molar-refractivity contribution in [3.8, 4) is 0 Å². The molecule has 4 heteroatoms. The Kier molecular flexibility index (Phi) is 2.95. The van der Waals surface area contributed by atoms with Crippen molar-refractivity contribution in [2.45, 2.75) is 13.8 Å². The van der Waals surface area contributed by atoms with Gasteiger partial charge in [0.2, 0.25) is 5.76 Å². The molecule has 0 aliphatic rings. The highest BCUT2D eigenvalue weighted by Gasteiger charge is 2.12. The van der Waals surface area contributed by atoms with Crippen molar-refractivity contribution in [1.82, 2.24) is 0 Å². The lowest BCUT2D eigenvalue weighted by atomic mass is 10.1. The van der Waals surface area contributed by atoms with Crippen LogP contribution >= 0.6 is 0 Å². The molecule has 2 aromatic rings. The standard InChI is InChI=1S/C13H12O4/c1-3-16-13(15)11-7-9-5-4-8(2)6-10(9)12(14)17-11/h4-7H,3H2,1-2H3. The zero-order valence-electron chi connectivity index (χ0n) is 9.65. The maximum absolute atomic E-state index is 11.7. The fourth-order valence-corrected chi connectivity index (χ4v) is 1.60. The molecular weight excluding hydrogens is 220 g/mol. The van der Waals surface area contributed by atoms with Crippen LogP contribution in [0.3, 0.4) is 0 Å². The Morgan fingerprint density at radius 2 is 2.12 bits per heavy atom. The van der Waals surface area contributed by atoms with E-state index in [-0.39, 0.29) is 12.4 Å². The molecule has 0 bridgehead atoms. The number of hydrogen-bond acceptors (Lipinski definition) is 4. The molecule has 0 amide bonds. The van der Waals surface area contributed by atoms with E-state index in [0.29, 0.717) is 10.8 Å². The second-order valence-corrected chi connectivity index (χ2v) is 3.71. The van der Waals surface area contributed by atoms with Gasteiger partial charge in [0.15, 0.2) is 0 Å². The van der Waals surface area contributed by atoms with Gasteiger partial charge in [-0.3, -0.25) is 0 Å². The monoisotopic (exact) mass is 232 g/mol. The highest BCUT2D eigenvalue weighted by molar-refractivity contribution is 5.91. The number of rotatable bonds is 2. The van der Waals surface area contributed by atoms with Gasteiger partial charge < -0.3 is 9.15 Å². The molecule has 0 unspecified atom stereocenters. The third-order valence-corrected chi connectivity index (χ3v) is 2.39. The van der Waals surface area contributed by atoms with E-state index < -0.39 is 11.6 Å². The average molecular weight is 232 g/mol. The number of ether oxygens (including phenoxy) is 1. The Balaban J connectivity index is 2.60. The summed E-state index contributed by atoms with van der Waals surface area (Å²) in [6, 6.07) is 6.91. The first kappa shape index (κ1) is 11.4. The van der Waals surface area contributed by atoms with Crippen LogP contribution in [0, 0.1) is 6.92 Å². The van der Waals surface area contributed by atoms with Crippen LogP contribution in [-0.4, -0.2) is 12.6 Å². The van der Waals surface area contributed by atoms with Gasteiger partial charge in [0.05, 0.1) is 12.0 Å². The Labute approximate surface area is 97.8 Å². The van der Waals surface area contributed by atoms with E-state index in [2.05, 4.69) is 0 Å². The van der Waals surface area contributed by atoms with Gasteiger partial charge in [-0.1, -0.05) is 17.7 Å². The summed E-state index contributed by atoms with van der Waals surface area (Å²) in [5.41, 5.74) is 0.447. The van der Waals surface area contributed by atoms with Crippen molar-refractivity contribution in [1.29, 1.82) is 0 Å². The summed E-state index contributed by atoms with van der Waals surface area (Å²) in [6.45, 7) is 3.83. The van der Waals surface area contributed by atoms with Gasteiger partial charge >= 0.3 is 11.6 Å². The van der Waals surface area contributed by atoms with E-state index in [9.17, 15) is 9.59 Å². The van der Waals surface area contributed by atoms with Crippen LogP contribution in [0.2, 0.25) is 0 Å². The van der Waals surface area contributed by atoms with Gasteiger partial charge in [0.25, 0.3) is 0 Å². The summed E-state index contributed by atoms with van der Waals surface area (Å²) in [5, 5.41) is 1.15. The van der Waals surface area contributed by atoms with Gasteiger partial charge in [-0.2, -0.15) is 0 Å². The molecule has 1 heterocycles. The smallest absolute Gasteiger partial charge is 0.374 e. The summed E-state index contributed by atoms with van der Waals surface area (Å²) in [4.78, 5) is 23.1. The molecule has 0 saturated heterocycles. The third-order valence-electron chi connectivity index (χ3n) is 2.39. The van der Waals surface area contributed by atoms with E-state index >= 15 is 0 Å². The highest BCUT2D eigenvalue weighted by Crippen LogP contribution is 2.14. The number of aryl methyl sites for hydroxylation is 1. The van der Waals surface area contributed by atoms with Crippen LogP contribution in [0.1, 0.15) is 23.0 Å². The number of benzene rings is 1. The molecular formula is C13H12O4.